The standard InChI is InChI=1S/C12H21NO2/c14-11(15)12(7-2-1-3-8-12)13-9-10-5-4-6-10/h10,13H,1-9H2,(H,14,15). The van der Waals surface area contributed by atoms with Crippen molar-refractivity contribution < 1.29 is 9.90 Å². The highest BCUT2D eigenvalue weighted by Crippen LogP contribution is 2.31. The van der Waals surface area contributed by atoms with Gasteiger partial charge in [-0.1, -0.05) is 25.7 Å². The van der Waals surface area contributed by atoms with Crippen molar-refractivity contribution in [3.63, 3.8) is 0 Å². The van der Waals surface area contributed by atoms with Gasteiger partial charge in [-0.3, -0.25) is 4.79 Å². The van der Waals surface area contributed by atoms with Crippen LogP contribution in [0.2, 0.25) is 0 Å². The van der Waals surface area contributed by atoms with Gasteiger partial charge < -0.3 is 10.4 Å². The fourth-order valence-corrected chi connectivity index (χ4v) is 2.66. The summed E-state index contributed by atoms with van der Waals surface area (Å²) in [6.07, 6.45) is 8.83. The van der Waals surface area contributed by atoms with Crippen molar-refractivity contribution in [2.75, 3.05) is 6.54 Å². The number of hydrogen-bond acceptors (Lipinski definition) is 2. The van der Waals surface area contributed by atoms with E-state index in [1.807, 2.05) is 0 Å². The summed E-state index contributed by atoms with van der Waals surface area (Å²) in [6, 6.07) is 0. The Morgan fingerprint density at radius 1 is 1.20 bits per heavy atom. The van der Waals surface area contributed by atoms with Gasteiger partial charge in [0.2, 0.25) is 0 Å². The maximum Gasteiger partial charge on any atom is 0.323 e. The Balaban J connectivity index is 1.88. The van der Waals surface area contributed by atoms with E-state index in [0.717, 1.165) is 38.1 Å². The summed E-state index contributed by atoms with van der Waals surface area (Å²) < 4.78 is 0. The minimum atomic E-state index is -0.637. The second-order valence-corrected chi connectivity index (χ2v) is 5.13. The second kappa shape index (κ2) is 4.52. The van der Waals surface area contributed by atoms with E-state index >= 15 is 0 Å². The zero-order valence-corrected chi connectivity index (χ0v) is 9.30. The predicted molar refractivity (Wildman–Crippen MR) is 58.8 cm³/mol. The van der Waals surface area contributed by atoms with E-state index in [0.29, 0.717) is 0 Å². The minimum Gasteiger partial charge on any atom is -0.480 e. The normalized spacial score (nSPS) is 25.9. The topological polar surface area (TPSA) is 49.3 Å². The molecule has 2 saturated carbocycles. The van der Waals surface area contributed by atoms with Gasteiger partial charge in [-0.25, -0.2) is 0 Å². The molecule has 0 aromatic rings. The summed E-state index contributed by atoms with van der Waals surface area (Å²) >= 11 is 0. The highest BCUT2D eigenvalue weighted by Gasteiger charge is 2.39. The molecule has 2 rings (SSSR count). The molecule has 0 aromatic carbocycles. The first-order valence-electron chi connectivity index (χ1n) is 6.21. The molecule has 2 aliphatic rings. The molecule has 0 aliphatic heterocycles. The fraction of sp³-hybridized carbons (Fsp3) is 0.917. The summed E-state index contributed by atoms with van der Waals surface area (Å²) in [5, 5.41) is 12.7. The molecule has 0 atom stereocenters. The first kappa shape index (κ1) is 10.9. The molecule has 0 spiro atoms. The molecule has 2 fully saturated rings. The van der Waals surface area contributed by atoms with Crippen LogP contribution >= 0.6 is 0 Å². The number of carboxylic acid groups (broad SMARTS) is 1. The lowest BCUT2D eigenvalue weighted by molar-refractivity contribution is -0.146. The van der Waals surface area contributed by atoms with Gasteiger partial charge in [-0.05, 0) is 38.1 Å². The van der Waals surface area contributed by atoms with Crippen molar-refractivity contribution in [1.82, 2.24) is 5.32 Å². The van der Waals surface area contributed by atoms with Crippen molar-refractivity contribution in [2.45, 2.75) is 56.9 Å². The molecule has 0 radical (unpaired) electrons. The van der Waals surface area contributed by atoms with Crippen molar-refractivity contribution in [2.24, 2.45) is 5.92 Å². The largest absolute Gasteiger partial charge is 0.480 e. The van der Waals surface area contributed by atoms with Gasteiger partial charge in [0.15, 0.2) is 0 Å². The highest BCUT2D eigenvalue weighted by molar-refractivity contribution is 5.78. The van der Waals surface area contributed by atoms with Gasteiger partial charge in [0, 0.05) is 0 Å². The molecular formula is C12H21NO2. The molecular weight excluding hydrogens is 190 g/mol. The molecule has 0 aromatic heterocycles. The van der Waals surface area contributed by atoms with Crippen LogP contribution in [-0.2, 0) is 4.79 Å². The quantitative estimate of drug-likeness (QED) is 0.749. The van der Waals surface area contributed by atoms with Gasteiger partial charge in [0.1, 0.15) is 5.54 Å². The molecule has 2 aliphatic carbocycles. The molecule has 86 valence electrons. The summed E-state index contributed by atoms with van der Waals surface area (Å²) in [7, 11) is 0. The monoisotopic (exact) mass is 211 g/mol. The highest BCUT2D eigenvalue weighted by atomic mass is 16.4. The fourth-order valence-electron chi connectivity index (χ4n) is 2.66. The van der Waals surface area contributed by atoms with Crippen LogP contribution in [0.4, 0.5) is 0 Å². The van der Waals surface area contributed by atoms with Crippen LogP contribution in [0.1, 0.15) is 51.4 Å². The number of hydrogen-bond donors (Lipinski definition) is 2. The lowest BCUT2D eigenvalue weighted by Crippen LogP contribution is -2.55. The average Bonchev–Trinajstić information content (AvgIpc) is 2.16. The van der Waals surface area contributed by atoms with Crippen LogP contribution in [0.25, 0.3) is 0 Å². The molecule has 0 amide bonds. The second-order valence-electron chi connectivity index (χ2n) is 5.13. The first-order valence-corrected chi connectivity index (χ1v) is 6.21. The Hall–Kier alpha value is -0.570. The Morgan fingerprint density at radius 3 is 2.33 bits per heavy atom. The van der Waals surface area contributed by atoms with Crippen LogP contribution in [0.15, 0.2) is 0 Å². The molecule has 15 heavy (non-hydrogen) atoms. The predicted octanol–water partition coefficient (Wildman–Crippen LogP) is 2.16. The van der Waals surface area contributed by atoms with Crippen molar-refractivity contribution >= 4 is 5.97 Å². The van der Waals surface area contributed by atoms with E-state index in [1.54, 1.807) is 0 Å². The van der Waals surface area contributed by atoms with Crippen LogP contribution < -0.4 is 5.32 Å². The lowest BCUT2D eigenvalue weighted by atomic mass is 9.79. The first-order chi connectivity index (χ1) is 7.23. The zero-order valence-electron chi connectivity index (χ0n) is 9.30. The molecule has 3 nitrogen and oxygen atoms in total. The summed E-state index contributed by atoms with van der Waals surface area (Å²) in [5.74, 6) is 0.102. The summed E-state index contributed by atoms with van der Waals surface area (Å²) in [4.78, 5) is 11.3. The number of carboxylic acids is 1. The van der Waals surface area contributed by atoms with Crippen molar-refractivity contribution in [3.05, 3.63) is 0 Å². The van der Waals surface area contributed by atoms with Crippen molar-refractivity contribution in [1.29, 1.82) is 0 Å². The number of carbonyl (C=O) groups is 1. The Labute approximate surface area is 91.2 Å². The maximum atomic E-state index is 11.3. The molecule has 0 saturated heterocycles. The Kier molecular flexibility index (Phi) is 3.29. The van der Waals surface area contributed by atoms with Gasteiger partial charge in [0.25, 0.3) is 0 Å². The average molecular weight is 211 g/mol. The van der Waals surface area contributed by atoms with E-state index in [4.69, 9.17) is 0 Å². The van der Waals surface area contributed by atoms with E-state index in [2.05, 4.69) is 5.32 Å². The van der Waals surface area contributed by atoms with Gasteiger partial charge in [-0.2, -0.15) is 0 Å². The minimum absolute atomic E-state index is 0.589. The summed E-state index contributed by atoms with van der Waals surface area (Å²) in [5.41, 5.74) is -0.589. The lowest BCUT2D eigenvalue weighted by Gasteiger charge is -2.37. The Bertz CT molecular complexity index is 230. The molecule has 3 heteroatoms. The molecule has 2 N–H and O–H groups in total. The van der Waals surface area contributed by atoms with Gasteiger partial charge >= 0.3 is 5.97 Å². The maximum absolute atomic E-state index is 11.3. The van der Waals surface area contributed by atoms with Crippen LogP contribution in [0.3, 0.4) is 0 Å². The zero-order chi connectivity index (χ0) is 10.7. The van der Waals surface area contributed by atoms with Crippen LogP contribution in [0.5, 0.6) is 0 Å². The van der Waals surface area contributed by atoms with Gasteiger partial charge in [-0.15, -0.1) is 0 Å². The van der Waals surface area contributed by atoms with Crippen LogP contribution in [0, 0.1) is 5.92 Å². The van der Waals surface area contributed by atoms with Crippen LogP contribution in [-0.4, -0.2) is 23.2 Å². The number of nitrogens with one attached hydrogen (secondary N) is 1. The third-order valence-electron chi connectivity index (χ3n) is 4.07. The number of aliphatic carboxylic acids is 1. The number of rotatable bonds is 4. The smallest absolute Gasteiger partial charge is 0.323 e. The van der Waals surface area contributed by atoms with Gasteiger partial charge in [0.05, 0.1) is 0 Å². The van der Waals surface area contributed by atoms with E-state index in [-0.39, 0.29) is 0 Å². The van der Waals surface area contributed by atoms with E-state index < -0.39 is 11.5 Å². The third-order valence-corrected chi connectivity index (χ3v) is 4.07. The third kappa shape index (κ3) is 2.33. The molecule has 0 bridgehead atoms. The summed E-state index contributed by atoms with van der Waals surface area (Å²) in [6.45, 7) is 0.909. The van der Waals surface area contributed by atoms with E-state index in [1.165, 1.54) is 25.7 Å². The Morgan fingerprint density at radius 2 is 1.87 bits per heavy atom. The van der Waals surface area contributed by atoms with Crippen molar-refractivity contribution in [3.8, 4) is 0 Å². The molecule has 0 unspecified atom stereocenters. The SMILES string of the molecule is O=C(O)C1(NCC2CCC2)CCCCC1. The molecule has 0 heterocycles. The van der Waals surface area contributed by atoms with E-state index in [9.17, 15) is 9.90 Å².